The van der Waals surface area contributed by atoms with Crippen molar-refractivity contribution in [2.75, 3.05) is 12.3 Å². The quantitative estimate of drug-likeness (QED) is 0.650. The number of anilines is 1. The molecule has 0 spiro atoms. The zero-order valence-corrected chi connectivity index (χ0v) is 10.3. The lowest BCUT2D eigenvalue weighted by Crippen LogP contribution is -2.25. The molecule has 1 aromatic carbocycles. The van der Waals surface area contributed by atoms with Gasteiger partial charge in [0.2, 0.25) is 10.0 Å². The molecule has 0 saturated carbocycles. The molecule has 0 aliphatic carbocycles. The van der Waals surface area contributed by atoms with Gasteiger partial charge in [0.05, 0.1) is 17.3 Å². The van der Waals surface area contributed by atoms with Gasteiger partial charge in [0.15, 0.2) is 0 Å². The van der Waals surface area contributed by atoms with Crippen LogP contribution in [-0.4, -0.2) is 15.0 Å². The van der Waals surface area contributed by atoms with E-state index in [2.05, 4.69) is 10.6 Å². The predicted molar refractivity (Wildman–Crippen MR) is 64.9 cm³/mol. The second kappa shape index (κ2) is 4.93. The van der Waals surface area contributed by atoms with Crippen molar-refractivity contribution in [2.45, 2.75) is 4.90 Å². The molecule has 3 N–H and O–H groups in total. The number of sulfonamides is 1. The van der Waals surface area contributed by atoms with Crippen molar-refractivity contribution in [3.8, 4) is 12.3 Å². The third-order valence-corrected chi connectivity index (χ3v) is 3.82. The van der Waals surface area contributed by atoms with Crippen LogP contribution in [0.3, 0.4) is 0 Å². The van der Waals surface area contributed by atoms with E-state index >= 15 is 0 Å². The highest BCUT2D eigenvalue weighted by Gasteiger charge is 2.21. The maximum atomic E-state index is 11.7. The number of terminal acetylenes is 1. The second-order valence-corrected chi connectivity index (χ2v) is 5.38. The van der Waals surface area contributed by atoms with Crippen LogP contribution in [0.15, 0.2) is 17.0 Å². The van der Waals surface area contributed by atoms with Gasteiger partial charge in [-0.3, -0.25) is 0 Å². The SMILES string of the molecule is C#CCNS(=O)(=O)c1c(N)cc(Cl)cc1Cl. The van der Waals surface area contributed by atoms with Crippen molar-refractivity contribution < 1.29 is 8.42 Å². The van der Waals surface area contributed by atoms with Gasteiger partial charge in [0.25, 0.3) is 0 Å². The molecule has 0 saturated heterocycles. The van der Waals surface area contributed by atoms with Gasteiger partial charge in [-0.15, -0.1) is 6.42 Å². The van der Waals surface area contributed by atoms with Crippen molar-refractivity contribution in [2.24, 2.45) is 0 Å². The summed E-state index contributed by atoms with van der Waals surface area (Å²) in [5.41, 5.74) is 5.51. The Balaban J connectivity index is 3.29. The number of nitrogen functional groups attached to an aromatic ring is 1. The molecule has 4 nitrogen and oxygen atoms in total. The molecule has 0 amide bonds. The zero-order chi connectivity index (χ0) is 12.3. The van der Waals surface area contributed by atoms with E-state index in [4.69, 9.17) is 35.4 Å². The maximum absolute atomic E-state index is 11.7. The lowest BCUT2D eigenvalue weighted by atomic mass is 10.3. The minimum Gasteiger partial charge on any atom is -0.398 e. The molecule has 0 radical (unpaired) electrons. The molecule has 0 unspecified atom stereocenters. The molecule has 0 aliphatic heterocycles. The fraction of sp³-hybridized carbons (Fsp3) is 0.111. The molecule has 1 rings (SSSR count). The van der Waals surface area contributed by atoms with Gasteiger partial charge in [-0.05, 0) is 12.1 Å². The van der Waals surface area contributed by atoms with Crippen molar-refractivity contribution in [3.05, 3.63) is 22.2 Å². The Morgan fingerprint density at radius 2 is 2.06 bits per heavy atom. The Kier molecular flexibility index (Phi) is 4.05. The van der Waals surface area contributed by atoms with Gasteiger partial charge in [0.1, 0.15) is 4.90 Å². The molecule has 16 heavy (non-hydrogen) atoms. The summed E-state index contributed by atoms with van der Waals surface area (Å²) in [5.74, 6) is 2.14. The van der Waals surface area contributed by atoms with E-state index in [0.717, 1.165) is 0 Å². The third-order valence-electron chi connectivity index (χ3n) is 1.67. The molecule has 0 atom stereocenters. The van der Waals surface area contributed by atoms with E-state index in [-0.39, 0.29) is 27.2 Å². The van der Waals surface area contributed by atoms with Gasteiger partial charge in [-0.1, -0.05) is 29.1 Å². The number of nitrogens with one attached hydrogen (secondary N) is 1. The van der Waals surface area contributed by atoms with Crippen LogP contribution in [0.5, 0.6) is 0 Å². The van der Waals surface area contributed by atoms with E-state index in [1.807, 2.05) is 0 Å². The van der Waals surface area contributed by atoms with Gasteiger partial charge in [-0.25, -0.2) is 8.42 Å². The highest BCUT2D eigenvalue weighted by molar-refractivity contribution is 7.89. The van der Waals surface area contributed by atoms with E-state index in [1.165, 1.54) is 12.1 Å². The van der Waals surface area contributed by atoms with E-state index in [1.54, 1.807) is 0 Å². The van der Waals surface area contributed by atoms with Crippen LogP contribution in [0.1, 0.15) is 0 Å². The van der Waals surface area contributed by atoms with Crippen LogP contribution in [-0.2, 0) is 10.0 Å². The zero-order valence-electron chi connectivity index (χ0n) is 8.00. The summed E-state index contributed by atoms with van der Waals surface area (Å²) in [4.78, 5) is -0.214. The summed E-state index contributed by atoms with van der Waals surface area (Å²) < 4.78 is 25.6. The first kappa shape index (κ1) is 13.1. The fourth-order valence-corrected chi connectivity index (χ4v) is 2.99. The average molecular weight is 279 g/mol. The summed E-state index contributed by atoms with van der Waals surface area (Å²) in [7, 11) is -3.81. The Morgan fingerprint density at radius 1 is 1.44 bits per heavy atom. The van der Waals surface area contributed by atoms with Gasteiger partial charge in [-0.2, -0.15) is 4.72 Å². The molecule has 1 aromatic rings. The van der Waals surface area contributed by atoms with E-state index in [9.17, 15) is 8.42 Å². The fourth-order valence-electron chi connectivity index (χ4n) is 1.07. The first-order valence-corrected chi connectivity index (χ1v) is 6.30. The topological polar surface area (TPSA) is 72.2 Å². The second-order valence-electron chi connectivity index (χ2n) is 2.83. The van der Waals surface area contributed by atoms with Crippen molar-refractivity contribution >= 4 is 38.9 Å². The lowest BCUT2D eigenvalue weighted by Gasteiger charge is -2.09. The summed E-state index contributed by atoms with van der Waals surface area (Å²) in [6.45, 7) is -0.138. The van der Waals surface area contributed by atoms with E-state index < -0.39 is 10.0 Å². The number of nitrogens with two attached hydrogens (primary N) is 1. The van der Waals surface area contributed by atoms with Crippen molar-refractivity contribution in [1.29, 1.82) is 0 Å². The maximum Gasteiger partial charge on any atom is 0.244 e. The summed E-state index contributed by atoms with van der Waals surface area (Å²) >= 11 is 11.4. The van der Waals surface area contributed by atoms with Gasteiger partial charge < -0.3 is 5.73 Å². The van der Waals surface area contributed by atoms with Gasteiger partial charge >= 0.3 is 0 Å². The third kappa shape index (κ3) is 2.80. The molecule has 0 aliphatic rings. The molecule has 86 valence electrons. The van der Waals surface area contributed by atoms with Gasteiger partial charge in [0, 0.05) is 5.02 Å². The van der Waals surface area contributed by atoms with Crippen LogP contribution in [0.4, 0.5) is 5.69 Å². The summed E-state index contributed by atoms with van der Waals surface area (Å²) in [6, 6.07) is 2.60. The normalized spacial score (nSPS) is 11.1. The lowest BCUT2D eigenvalue weighted by molar-refractivity contribution is 0.586. The first-order chi connectivity index (χ1) is 7.38. The highest BCUT2D eigenvalue weighted by Crippen LogP contribution is 2.30. The largest absolute Gasteiger partial charge is 0.398 e. The summed E-state index contributed by atoms with van der Waals surface area (Å²) in [5, 5.41) is 0.216. The monoisotopic (exact) mass is 278 g/mol. The minimum atomic E-state index is -3.81. The molecule has 0 bridgehead atoms. The van der Waals surface area contributed by atoms with E-state index in [0.29, 0.717) is 0 Å². The number of halogens is 2. The number of hydrogen-bond acceptors (Lipinski definition) is 3. The van der Waals surface area contributed by atoms with Crippen LogP contribution >= 0.6 is 23.2 Å². The molecule has 0 fully saturated rings. The van der Waals surface area contributed by atoms with Crippen LogP contribution in [0, 0.1) is 12.3 Å². The molecular formula is C9H8Cl2N2O2S. The van der Waals surface area contributed by atoms with Crippen molar-refractivity contribution in [3.63, 3.8) is 0 Å². The molecule has 0 aromatic heterocycles. The Labute approximate surface area is 104 Å². The number of benzene rings is 1. The highest BCUT2D eigenvalue weighted by atomic mass is 35.5. The van der Waals surface area contributed by atoms with Crippen LogP contribution in [0.25, 0.3) is 0 Å². The minimum absolute atomic E-state index is 0.0259. The average Bonchev–Trinajstić information content (AvgIpc) is 2.12. The van der Waals surface area contributed by atoms with Crippen molar-refractivity contribution in [1.82, 2.24) is 4.72 Å². The molecule has 0 heterocycles. The summed E-state index contributed by atoms with van der Waals surface area (Å²) in [6.07, 6.45) is 4.95. The number of hydrogen-bond donors (Lipinski definition) is 2. The van der Waals surface area contributed by atoms with Crippen LogP contribution < -0.4 is 10.5 Å². The first-order valence-electron chi connectivity index (χ1n) is 4.06. The Hall–Kier alpha value is -0.930. The van der Waals surface area contributed by atoms with Crippen LogP contribution in [0.2, 0.25) is 10.0 Å². The molecule has 7 heteroatoms. The smallest absolute Gasteiger partial charge is 0.244 e. The Bertz CT molecular complexity index is 526. The standard InChI is InChI=1S/C9H8Cl2N2O2S/c1-2-3-13-16(14,15)9-7(11)4-6(10)5-8(9)12/h1,4-5,13H,3,12H2. The number of rotatable bonds is 3. The molecular weight excluding hydrogens is 271 g/mol. The Morgan fingerprint density at radius 3 is 2.56 bits per heavy atom. The predicted octanol–water partition coefficient (Wildman–Crippen LogP) is 1.49.